The molecule has 0 radical (unpaired) electrons. The third-order valence-corrected chi connectivity index (χ3v) is 6.54. The van der Waals surface area contributed by atoms with Crippen molar-refractivity contribution in [3.63, 3.8) is 0 Å². The maximum absolute atomic E-state index is 14.4. The quantitative estimate of drug-likeness (QED) is 0.566. The molecular weight excluding hydrogens is 439 g/mol. The van der Waals surface area contributed by atoms with Gasteiger partial charge in [-0.2, -0.15) is 10.2 Å². The molecule has 0 bridgehead atoms. The van der Waals surface area contributed by atoms with Crippen LogP contribution >= 0.6 is 0 Å². The highest BCUT2D eigenvalue weighted by atomic mass is 19.1. The summed E-state index contributed by atoms with van der Waals surface area (Å²) in [5.41, 5.74) is 4.47. The third kappa shape index (κ3) is 4.70. The van der Waals surface area contributed by atoms with Gasteiger partial charge in [-0.25, -0.2) is 14.1 Å². The fraction of sp³-hybridized carbons (Fsp3) is 0.542. The number of rotatable bonds is 7. The van der Waals surface area contributed by atoms with E-state index in [1.807, 2.05) is 24.0 Å². The molecule has 3 aromatic heterocycles. The number of halogens is 1. The number of β-amino-alcohol motifs (C(OH)–C–C–N with tert-alkyl or cyclic N) is 1. The van der Waals surface area contributed by atoms with E-state index in [-0.39, 0.29) is 12.0 Å². The molecule has 1 unspecified atom stereocenters. The van der Waals surface area contributed by atoms with E-state index < -0.39 is 5.82 Å². The van der Waals surface area contributed by atoms with E-state index in [0.717, 1.165) is 55.0 Å². The van der Waals surface area contributed by atoms with Crippen LogP contribution in [0.2, 0.25) is 0 Å². The number of nitrogens with zero attached hydrogens (tertiary/aromatic N) is 6. The van der Waals surface area contributed by atoms with Gasteiger partial charge in [0, 0.05) is 49.4 Å². The fourth-order valence-corrected chi connectivity index (χ4v) is 5.03. The molecule has 0 aliphatic carbocycles. The van der Waals surface area contributed by atoms with Gasteiger partial charge in [0.1, 0.15) is 0 Å². The number of pyridine rings is 1. The van der Waals surface area contributed by atoms with Crippen LogP contribution in [0.15, 0.2) is 24.7 Å². The second-order valence-corrected chi connectivity index (χ2v) is 9.20. The van der Waals surface area contributed by atoms with Crippen LogP contribution < -0.4 is 4.74 Å². The molecule has 3 aromatic rings. The van der Waals surface area contributed by atoms with Crippen molar-refractivity contribution in [1.82, 2.24) is 29.4 Å². The van der Waals surface area contributed by atoms with Crippen LogP contribution in [0.25, 0.3) is 16.9 Å². The number of aliphatic hydroxyl groups excluding tert-OH is 1. The SMILES string of the molecule is COc1ncc(-n2nc(-c3cnn(C[C@H]4CCN(CC(C)O)C4)c3)c3c2CCOCC3)cc1F. The van der Waals surface area contributed by atoms with Gasteiger partial charge in [-0.1, -0.05) is 0 Å². The number of likely N-dealkylation sites (tertiary alicyclic amines) is 1. The average molecular weight is 471 g/mol. The highest BCUT2D eigenvalue weighted by Gasteiger charge is 2.26. The van der Waals surface area contributed by atoms with Crippen LogP contribution in [0.1, 0.15) is 24.6 Å². The summed E-state index contributed by atoms with van der Waals surface area (Å²) in [7, 11) is 1.40. The van der Waals surface area contributed by atoms with E-state index >= 15 is 0 Å². The number of methoxy groups -OCH3 is 1. The first-order valence-corrected chi connectivity index (χ1v) is 11.8. The van der Waals surface area contributed by atoms with Crippen molar-refractivity contribution in [3.8, 4) is 22.8 Å². The zero-order valence-corrected chi connectivity index (χ0v) is 19.7. The minimum absolute atomic E-state index is 0.0363. The van der Waals surface area contributed by atoms with E-state index in [2.05, 4.69) is 15.0 Å². The van der Waals surface area contributed by atoms with Crippen molar-refractivity contribution >= 4 is 0 Å². The first kappa shape index (κ1) is 22.9. The molecule has 5 rings (SSSR count). The molecule has 1 saturated heterocycles. The summed E-state index contributed by atoms with van der Waals surface area (Å²) in [6.07, 6.45) is 7.69. The molecule has 0 saturated carbocycles. The van der Waals surface area contributed by atoms with E-state index in [1.165, 1.54) is 13.2 Å². The van der Waals surface area contributed by atoms with Gasteiger partial charge >= 0.3 is 0 Å². The standard InChI is InChI=1S/C24H31FN6O3/c1-16(32)12-29-6-3-17(13-29)14-30-15-18(10-27-30)23-20-4-7-34-8-5-22(20)31(28-23)19-9-21(25)24(33-2)26-11-19/h9-11,15-17,32H,3-8,12-14H2,1-2H3/t16?,17-/m0/s1. The van der Waals surface area contributed by atoms with Crippen molar-refractivity contribution in [2.24, 2.45) is 5.92 Å². The van der Waals surface area contributed by atoms with Crippen LogP contribution in [0.3, 0.4) is 0 Å². The normalized spacial score (nSPS) is 19.7. The molecule has 34 heavy (non-hydrogen) atoms. The monoisotopic (exact) mass is 470 g/mol. The summed E-state index contributed by atoms with van der Waals surface area (Å²) in [4.78, 5) is 6.40. The predicted molar refractivity (Wildman–Crippen MR) is 124 cm³/mol. The minimum Gasteiger partial charge on any atom is -0.479 e. The number of hydrogen-bond donors (Lipinski definition) is 1. The molecule has 0 spiro atoms. The van der Waals surface area contributed by atoms with Crippen LogP contribution in [0.4, 0.5) is 4.39 Å². The molecule has 10 heteroatoms. The Morgan fingerprint density at radius 2 is 2.15 bits per heavy atom. The minimum atomic E-state index is -0.523. The molecule has 2 aliphatic heterocycles. The number of ether oxygens (including phenoxy) is 2. The predicted octanol–water partition coefficient (Wildman–Crippen LogP) is 2.10. The Hall–Kier alpha value is -2.82. The van der Waals surface area contributed by atoms with Gasteiger partial charge in [0.05, 0.1) is 55.9 Å². The Bertz CT molecular complexity index is 1140. The zero-order valence-electron chi connectivity index (χ0n) is 19.7. The molecule has 0 aromatic carbocycles. The van der Waals surface area contributed by atoms with Gasteiger partial charge in [0.2, 0.25) is 5.88 Å². The zero-order chi connectivity index (χ0) is 23.7. The first-order chi connectivity index (χ1) is 16.5. The first-order valence-electron chi connectivity index (χ1n) is 11.8. The lowest BCUT2D eigenvalue weighted by atomic mass is 10.0. The van der Waals surface area contributed by atoms with Gasteiger partial charge in [0.15, 0.2) is 5.82 Å². The maximum Gasteiger partial charge on any atom is 0.250 e. The summed E-state index contributed by atoms with van der Waals surface area (Å²) >= 11 is 0. The lowest BCUT2D eigenvalue weighted by Gasteiger charge is -2.17. The molecule has 5 heterocycles. The maximum atomic E-state index is 14.4. The molecule has 2 aliphatic rings. The van der Waals surface area contributed by atoms with Crippen molar-refractivity contribution < 1.29 is 19.0 Å². The number of aliphatic hydroxyl groups is 1. The molecule has 2 atom stereocenters. The largest absolute Gasteiger partial charge is 0.479 e. The number of fused-ring (bicyclic) bond motifs is 1. The Morgan fingerprint density at radius 3 is 2.94 bits per heavy atom. The van der Waals surface area contributed by atoms with Gasteiger partial charge in [0.25, 0.3) is 0 Å². The van der Waals surface area contributed by atoms with E-state index in [1.54, 1.807) is 10.9 Å². The van der Waals surface area contributed by atoms with Gasteiger partial charge in [-0.05, 0) is 32.2 Å². The summed E-state index contributed by atoms with van der Waals surface area (Å²) in [5, 5.41) is 19.2. The second kappa shape index (κ2) is 9.81. The third-order valence-electron chi connectivity index (χ3n) is 6.54. The van der Waals surface area contributed by atoms with E-state index in [4.69, 9.17) is 14.6 Å². The van der Waals surface area contributed by atoms with Crippen LogP contribution in [-0.4, -0.2) is 80.6 Å². The van der Waals surface area contributed by atoms with Gasteiger partial charge in [-0.3, -0.25) is 4.68 Å². The fourth-order valence-electron chi connectivity index (χ4n) is 5.03. The summed E-state index contributed by atoms with van der Waals surface area (Å²) in [6.45, 7) is 6.57. The van der Waals surface area contributed by atoms with E-state index in [9.17, 15) is 9.50 Å². The highest BCUT2D eigenvalue weighted by molar-refractivity contribution is 5.64. The lowest BCUT2D eigenvalue weighted by molar-refractivity contribution is 0.138. The molecule has 1 fully saturated rings. The van der Waals surface area contributed by atoms with Crippen LogP contribution in [0, 0.1) is 11.7 Å². The summed E-state index contributed by atoms with van der Waals surface area (Å²) < 4.78 is 28.8. The van der Waals surface area contributed by atoms with Gasteiger partial charge < -0.3 is 19.5 Å². The lowest BCUT2D eigenvalue weighted by Crippen LogP contribution is -2.29. The molecule has 0 amide bonds. The second-order valence-electron chi connectivity index (χ2n) is 9.20. The van der Waals surface area contributed by atoms with Crippen LogP contribution in [-0.2, 0) is 24.1 Å². The molecule has 1 N–H and O–H groups in total. The van der Waals surface area contributed by atoms with Crippen molar-refractivity contribution in [1.29, 1.82) is 0 Å². The Morgan fingerprint density at radius 1 is 1.29 bits per heavy atom. The van der Waals surface area contributed by atoms with Crippen molar-refractivity contribution in [3.05, 3.63) is 41.7 Å². The molecular formula is C24H31FN6O3. The van der Waals surface area contributed by atoms with Crippen LogP contribution in [0.5, 0.6) is 5.88 Å². The van der Waals surface area contributed by atoms with Crippen molar-refractivity contribution in [2.45, 2.75) is 38.8 Å². The smallest absolute Gasteiger partial charge is 0.250 e. The van der Waals surface area contributed by atoms with Crippen molar-refractivity contribution in [2.75, 3.05) is 40.0 Å². The molecule has 182 valence electrons. The van der Waals surface area contributed by atoms with Gasteiger partial charge in [-0.15, -0.1) is 0 Å². The molecule has 9 nitrogen and oxygen atoms in total. The number of hydrogen-bond acceptors (Lipinski definition) is 7. The Labute approximate surface area is 198 Å². The topological polar surface area (TPSA) is 90.5 Å². The van der Waals surface area contributed by atoms with E-state index in [0.29, 0.717) is 37.8 Å². The Balaban J connectivity index is 1.41. The summed E-state index contributed by atoms with van der Waals surface area (Å²) in [5.74, 6) is -0.0571. The highest BCUT2D eigenvalue weighted by Crippen LogP contribution is 2.31. The summed E-state index contributed by atoms with van der Waals surface area (Å²) in [6, 6.07) is 1.40. The Kier molecular flexibility index (Phi) is 6.62. The number of aromatic nitrogens is 5. The average Bonchev–Trinajstić information content (AvgIpc) is 3.49.